The molecule has 6 nitrogen and oxygen atoms in total. The van der Waals surface area contributed by atoms with Gasteiger partial charge in [-0.3, -0.25) is 14.5 Å². The van der Waals surface area contributed by atoms with E-state index in [0.717, 1.165) is 45.7 Å². The Hall–Kier alpha value is -2.25. The number of likely N-dealkylation sites (tertiary alicyclic amines) is 1. The molecule has 1 N–H and O–H groups in total. The van der Waals surface area contributed by atoms with Gasteiger partial charge in [0, 0.05) is 32.7 Å². The van der Waals surface area contributed by atoms with Crippen LogP contribution in [-0.4, -0.2) is 66.6 Å². The summed E-state index contributed by atoms with van der Waals surface area (Å²) >= 11 is 0. The lowest BCUT2D eigenvalue weighted by atomic mass is 9.95. The van der Waals surface area contributed by atoms with Crippen molar-refractivity contribution in [1.29, 1.82) is 0 Å². The molecule has 2 aliphatic heterocycles. The van der Waals surface area contributed by atoms with Crippen LogP contribution in [-0.2, 0) is 4.74 Å². The lowest BCUT2D eigenvalue weighted by Crippen LogP contribution is -2.45. The number of pyridine rings is 1. The predicted molar refractivity (Wildman–Crippen MR) is 100 cm³/mol. The molecule has 2 saturated heterocycles. The van der Waals surface area contributed by atoms with Crippen molar-refractivity contribution in [2.24, 2.45) is 5.92 Å². The monoisotopic (exact) mass is 373 g/mol. The van der Waals surface area contributed by atoms with Gasteiger partial charge >= 0.3 is 0 Å². The first kappa shape index (κ1) is 18.1. The summed E-state index contributed by atoms with van der Waals surface area (Å²) in [5.41, 5.74) is 0.0649. The number of nitrogens with one attached hydrogen (secondary N) is 1. The summed E-state index contributed by atoms with van der Waals surface area (Å²) in [5.74, 6) is -0.0862. The van der Waals surface area contributed by atoms with Gasteiger partial charge in [0.25, 0.3) is 11.5 Å². The molecule has 0 atom stereocenters. The van der Waals surface area contributed by atoms with Gasteiger partial charge in [0.1, 0.15) is 11.4 Å². The minimum Gasteiger partial charge on any atom is -0.379 e. The van der Waals surface area contributed by atoms with Gasteiger partial charge in [0.15, 0.2) is 0 Å². The third-order valence-electron chi connectivity index (χ3n) is 5.56. The average molecular weight is 373 g/mol. The first-order valence-electron chi connectivity index (χ1n) is 9.52. The van der Waals surface area contributed by atoms with E-state index in [1.807, 2.05) is 0 Å². The number of aromatic amines is 1. The molecule has 0 aliphatic carbocycles. The van der Waals surface area contributed by atoms with Gasteiger partial charge in [-0.2, -0.15) is 0 Å². The van der Waals surface area contributed by atoms with Crippen molar-refractivity contribution in [3.63, 3.8) is 0 Å². The Bertz CT molecular complexity index is 884. The van der Waals surface area contributed by atoms with Gasteiger partial charge in [-0.05, 0) is 48.4 Å². The maximum Gasteiger partial charge on any atom is 0.261 e. The van der Waals surface area contributed by atoms with Crippen LogP contribution in [0.1, 0.15) is 23.2 Å². The molecule has 27 heavy (non-hydrogen) atoms. The second-order valence-electron chi connectivity index (χ2n) is 7.39. The SMILES string of the molecule is O=C(c1cc2ccc(F)cc2[nH]c1=O)N1CCC(CN2CCOCC2)CC1. The molecule has 2 aliphatic rings. The molecule has 144 valence electrons. The van der Waals surface area contributed by atoms with Crippen LogP contribution in [0, 0.1) is 11.7 Å². The minimum absolute atomic E-state index is 0.126. The van der Waals surface area contributed by atoms with Crippen LogP contribution in [0.4, 0.5) is 4.39 Å². The smallest absolute Gasteiger partial charge is 0.261 e. The molecule has 4 rings (SSSR count). The molecule has 0 saturated carbocycles. The van der Waals surface area contributed by atoms with Crippen LogP contribution in [0.5, 0.6) is 0 Å². The first-order valence-corrected chi connectivity index (χ1v) is 9.52. The molecule has 2 fully saturated rings. The molecule has 7 heteroatoms. The summed E-state index contributed by atoms with van der Waals surface area (Å²) in [6, 6.07) is 5.73. The molecular formula is C20H24FN3O3. The minimum atomic E-state index is -0.464. The molecule has 0 radical (unpaired) electrons. The van der Waals surface area contributed by atoms with E-state index in [-0.39, 0.29) is 11.5 Å². The quantitative estimate of drug-likeness (QED) is 0.892. The second kappa shape index (κ2) is 7.78. The molecule has 1 aromatic carbocycles. The number of ether oxygens (including phenoxy) is 1. The normalized spacial score (nSPS) is 19.5. The summed E-state index contributed by atoms with van der Waals surface area (Å²) in [6.45, 7) is 5.92. The Morgan fingerprint density at radius 3 is 2.63 bits per heavy atom. The molecule has 2 aromatic rings. The zero-order valence-electron chi connectivity index (χ0n) is 15.2. The maximum atomic E-state index is 13.3. The van der Waals surface area contributed by atoms with Crippen LogP contribution >= 0.6 is 0 Å². The van der Waals surface area contributed by atoms with Crippen molar-refractivity contribution >= 4 is 16.8 Å². The Balaban J connectivity index is 1.41. The third kappa shape index (κ3) is 4.04. The molecule has 0 unspecified atom stereocenters. The van der Waals surface area contributed by atoms with E-state index >= 15 is 0 Å². The number of fused-ring (bicyclic) bond motifs is 1. The fourth-order valence-electron chi connectivity index (χ4n) is 3.97. The number of halogens is 1. The summed E-state index contributed by atoms with van der Waals surface area (Å²) in [4.78, 5) is 32.0. The Morgan fingerprint density at radius 2 is 1.89 bits per heavy atom. The molecule has 0 spiro atoms. The number of H-pyrrole nitrogens is 1. The fourth-order valence-corrected chi connectivity index (χ4v) is 3.97. The standard InChI is InChI=1S/C20H24FN3O3/c21-16-2-1-15-11-17(19(25)22-18(15)12-16)20(26)24-5-3-14(4-6-24)13-23-7-9-27-10-8-23/h1-2,11-12,14H,3-10,13H2,(H,22,25). The number of hydrogen-bond acceptors (Lipinski definition) is 4. The van der Waals surface area contributed by atoms with Gasteiger partial charge in [-0.25, -0.2) is 4.39 Å². The highest BCUT2D eigenvalue weighted by Crippen LogP contribution is 2.21. The number of carbonyl (C=O) groups is 1. The number of morpholine rings is 1. The maximum absolute atomic E-state index is 13.3. The summed E-state index contributed by atoms with van der Waals surface area (Å²) in [6.07, 6.45) is 1.89. The van der Waals surface area contributed by atoms with Gasteiger partial charge in [-0.1, -0.05) is 0 Å². The highest BCUT2D eigenvalue weighted by atomic mass is 19.1. The van der Waals surface area contributed by atoms with Crippen molar-refractivity contribution < 1.29 is 13.9 Å². The Labute approximate surface area is 156 Å². The van der Waals surface area contributed by atoms with Gasteiger partial charge in [0.2, 0.25) is 0 Å². The lowest BCUT2D eigenvalue weighted by Gasteiger charge is -2.36. The Kier molecular flexibility index (Phi) is 5.22. The number of rotatable bonds is 3. The van der Waals surface area contributed by atoms with Crippen LogP contribution < -0.4 is 5.56 Å². The number of nitrogens with zero attached hydrogens (tertiary/aromatic N) is 2. The topological polar surface area (TPSA) is 65.6 Å². The van der Waals surface area contributed by atoms with Crippen molar-refractivity contribution in [3.05, 3.63) is 46.0 Å². The van der Waals surface area contributed by atoms with Gasteiger partial charge < -0.3 is 14.6 Å². The van der Waals surface area contributed by atoms with Crippen LogP contribution in [0.25, 0.3) is 10.9 Å². The number of aromatic nitrogens is 1. The average Bonchev–Trinajstić information content (AvgIpc) is 2.68. The Morgan fingerprint density at radius 1 is 1.15 bits per heavy atom. The fraction of sp³-hybridized carbons (Fsp3) is 0.500. The number of benzene rings is 1. The zero-order valence-corrected chi connectivity index (χ0v) is 15.2. The number of amides is 1. The zero-order chi connectivity index (χ0) is 18.8. The summed E-state index contributed by atoms with van der Waals surface area (Å²) < 4.78 is 18.7. The molecule has 1 aromatic heterocycles. The largest absolute Gasteiger partial charge is 0.379 e. The van der Waals surface area contributed by atoms with Crippen molar-refractivity contribution in [2.45, 2.75) is 12.8 Å². The highest BCUT2D eigenvalue weighted by molar-refractivity contribution is 5.97. The van der Waals surface area contributed by atoms with Crippen molar-refractivity contribution in [2.75, 3.05) is 45.9 Å². The van der Waals surface area contributed by atoms with E-state index in [1.165, 1.54) is 12.1 Å². The van der Waals surface area contributed by atoms with Gasteiger partial charge in [0.05, 0.1) is 18.7 Å². The third-order valence-corrected chi connectivity index (χ3v) is 5.56. The molecule has 0 bridgehead atoms. The number of piperidine rings is 1. The van der Waals surface area contributed by atoms with Gasteiger partial charge in [-0.15, -0.1) is 0 Å². The first-order chi connectivity index (χ1) is 13.1. The molecular weight excluding hydrogens is 349 g/mol. The van der Waals surface area contributed by atoms with Crippen molar-refractivity contribution in [3.8, 4) is 0 Å². The van der Waals surface area contributed by atoms with Crippen LogP contribution in [0.3, 0.4) is 0 Å². The lowest BCUT2D eigenvalue weighted by molar-refractivity contribution is 0.0242. The molecule has 1 amide bonds. The van der Waals surface area contributed by atoms with E-state index in [4.69, 9.17) is 4.74 Å². The van der Waals surface area contributed by atoms with E-state index in [9.17, 15) is 14.0 Å². The molecule has 3 heterocycles. The van der Waals surface area contributed by atoms with Crippen molar-refractivity contribution in [1.82, 2.24) is 14.8 Å². The van der Waals surface area contributed by atoms with Crippen LogP contribution in [0.15, 0.2) is 29.1 Å². The summed E-state index contributed by atoms with van der Waals surface area (Å²) in [7, 11) is 0. The number of hydrogen-bond donors (Lipinski definition) is 1. The second-order valence-corrected chi connectivity index (χ2v) is 7.39. The van der Waals surface area contributed by atoms with E-state index in [1.54, 1.807) is 17.0 Å². The predicted octanol–water partition coefficient (Wildman–Crippen LogP) is 1.85. The summed E-state index contributed by atoms with van der Waals surface area (Å²) in [5, 5.41) is 0.654. The van der Waals surface area contributed by atoms with Crippen LogP contribution in [0.2, 0.25) is 0 Å². The highest BCUT2D eigenvalue weighted by Gasteiger charge is 2.27. The van der Waals surface area contributed by atoms with E-state index < -0.39 is 11.4 Å². The van der Waals surface area contributed by atoms with E-state index in [0.29, 0.717) is 29.9 Å². The number of carbonyl (C=O) groups excluding carboxylic acids is 1. The van der Waals surface area contributed by atoms with E-state index in [2.05, 4.69) is 9.88 Å².